The molecule has 0 radical (unpaired) electrons. The van der Waals surface area contributed by atoms with Crippen molar-refractivity contribution in [3.05, 3.63) is 0 Å². The van der Waals surface area contributed by atoms with Crippen molar-refractivity contribution < 1.29 is 178 Å². The van der Waals surface area contributed by atoms with Crippen molar-refractivity contribution in [2.45, 2.75) is 236 Å². The number of carbonyl (C=O) groups is 3. The maximum absolute atomic E-state index is 12.7. The first kappa shape index (κ1) is 71.5. The highest BCUT2D eigenvalue weighted by Crippen LogP contribution is 2.37. The number of amides is 3. The van der Waals surface area contributed by atoms with Crippen LogP contribution in [0.3, 0.4) is 0 Å². The third-order valence-corrected chi connectivity index (χ3v) is 15.7. The lowest BCUT2D eigenvalue weighted by atomic mass is 9.94. The van der Waals surface area contributed by atoms with Crippen molar-refractivity contribution in [2.75, 3.05) is 46.2 Å². The van der Waals surface area contributed by atoms with Crippen molar-refractivity contribution in [3.63, 3.8) is 0 Å². The first-order chi connectivity index (χ1) is 41.1. The Kier molecular flexibility index (Phi) is 25.6. The number of hydrogen-bond donors (Lipinski definition) is 23. The van der Waals surface area contributed by atoms with Gasteiger partial charge in [0.25, 0.3) is 0 Å². The lowest BCUT2D eigenvalue weighted by Crippen LogP contribution is -2.70. The van der Waals surface area contributed by atoms with Crippen LogP contribution in [-0.2, 0) is 76.0 Å². The van der Waals surface area contributed by atoms with Crippen LogP contribution in [0.2, 0.25) is 0 Å². The molecule has 87 heavy (non-hydrogen) atoms. The number of ether oxygens (including phenoxy) is 13. The molecule has 23 N–H and O–H groups in total. The molecular weight excluding hydrogens is 1190 g/mol. The van der Waals surface area contributed by atoms with Crippen LogP contribution in [0.4, 0.5) is 0 Å². The molecule has 7 heterocycles. The monoisotopic (exact) mass is 1280 g/mol. The molecule has 0 aliphatic carbocycles. The Hall–Kier alpha value is -2.91. The van der Waals surface area contributed by atoms with Gasteiger partial charge in [-0.2, -0.15) is 0 Å². The third kappa shape index (κ3) is 15.8. The van der Waals surface area contributed by atoms with E-state index < -0.39 is 279 Å². The molecule has 35 atom stereocenters. The fourth-order valence-corrected chi connectivity index (χ4v) is 11.1. The molecule has 7 rings (SSSR count). The van der Waals surface area contributed by atoms with Gasteiger partial charge in [-0.05, 0) is 0 Å². The van der Waals surface area contributed by atoms with Crippen molar-refractivity contribution >= 4 is 17.7 Å². The van der Waals surface area contributed by atoms with Gasteiger partial charge in [0.2, 0.25) is 17.7 Å². The molecule has 39 heteroatoms. The molecule has 0 spiro atoms. The highest BCUT2D eigenvalue weighted by molar-refractivity contribution is 5.74. The van der Waals surface area contributed by atoms with Crippen LogP contribution in [0.1, 0.15) is 20.8 Å². The van der Waals surface area contributed by atoms with E-state index >= 15 is 0 Å². The maximum Gasteiger partial charge on any atom is 0.217 e. The maximum atomic E-state index is 12.7. The summed E-state index contributed by atoms with van der Waals surface area (Å²) >= 11 is 0. The summed E-state index contributed by atoms with van der Waals surface area (Å²) in [6.45, 7) is -4.00. The Balaban J connectivity index is 1.17. The number of aliphatic hydroxyl groups is 20. The minimum atomic E-state index is -2.34. The molecule has 3 amide bonds. The highest BCUT2D eigenvalue weighted by atomic mass is 16.8. The normalized spacial score (nSPS) is 48.9. The van der Waals surface area contributed by atoms with Gasteiger partial charge >= 0.3 is 0 Å². The van der Waals surface area contributed by atoms with Crippen LogP contribution in [0, 0.1) is 0 Å². The molecular formula is C48H81N3O36. The van der Waals surface area contributed by atoms with Gasteiger partial charge in [0.15, 0.2) is 44.0 Å². The standard InChI is InChI=1S/C48H81N3O36/c1-11(58)49-21-28(65)37(17(7-55)76-42(21)74)83-43-22(50-12(2)59)29(66)39(19(9-57)80-43)85-47-36(73)40(86-46-35(72)32(69)25(62)15(5-53)78-46)27(64)20(82-47)10-75-48-41(33(70)26(63)16(6-54)79-48)87-44-23(51-13(3)60)30(67)38(18(8-56)81-44)84-45-34(71)31(68)24(61)14(4-52)77-45/h14-48,52-57,61-74H,4-10H2,1-3H3,(H,49,58)(H,50,59)(H,51,60)/t14-,15-,16-,17-,18-,19-,20-,21-,22-,23-,24+,25-,26-,27-,28-,29-,30-,31+,32+,33+,34-,35+,36+,37-,38-,39-,40+,41+,42-,43+,44+,45+,46-,47+,48+/m1/s1. The molecule has 39 nitrogen and oxygen atoms in total. The van der Waals surface area contributed by atoms with Crippen LogP contribution in [0.5, 0.6) is 0 Å². The summed E-state index contributed by atoms with van der Waals surface area (Å²) in [6, 6.07) is -5.18. The predicted octanol–water partition coefficient (Wildman–Crippen LogP) is -15.8. The minimum Gasteiger partial charge on any atom is -0.394 e. The number of aliphatic hydroxyl groups excluding tert-OH is 20. The van der Waals surface area contributed by atoms with Crippen LogP contribution in [0.25, 0.3) is 0 Å². The zero-order valence-corrected chi connectivity index (χ0v) is 46.6. The number of nitrogens with one attached hydrogen (secondary N) is 3. The van der Waals surface area contributed by atoms with E-state index in [1.54, 1.807) is 0 Å². The molecule has 7 aliphatic rings. The van der Waals surface area contributed by atoms with Crippen molar-refractivity contribution in [2.24, 2.45) is 0 Å². The Labute approximate surface area is 492 Å². The Morgan fingerprint density at radius 3 is 1.02 bits per heavy atom. The average Bonchev–Trinajstić information content (AvgIpc) is 1.24. The second kappa shape index (κ2) is 31.1. The Morgan fingerprint density at radius 1 is 0.299 bits per heavy atom. The molecule has 0 aromatic carbocycles. The lowest BCUT2D eigenvalue weighted by molar-refractivity contribution is -0.389. The van der Waals surface area contributed by atoms with Crippen molar-refractivity contribution in [1.82, 2.24) is 16.0 Å². The van der Waals surface area contributed by atoms with E-state index in [1.807, 2.05) is 0 Å². The second-order valence-corrected chi connectivity index (χ2v) is 21.8. The first-order valence-electron chi connectivity index (χ1n) is 27.6. The summed E-state index contributed by atoms with van der Waals surface area (Å²) < 4.78 is 75.5. The van der Waals surface area contributed by atoms with Gasteiger partial charge in [0, 0.05) is 20.8 Å². The molecule has 0 unspecified atom stereocenters. The molecule has 0 bridgehead atoms. The quantitative estimate of drug-likeness (QED) is 0.0479. The van der Waals surface area contributed by atoms with E-state index in [9.17, 15) is 117 Å². The molecule has 7 fully saturated rings. The Morgan fingerprint density at radius 2 is 0.609 bits per heavy atom. The van der Waals surface area contributed by atoms with Gasteiger partial charge in [0.05, 0.1) is 46.2 Å². The zero-order valence-electron chi connectivity index (χ0n) is 46.6. The van der Waals surface area contributed by atoms with Crippen LogP contribution in [0.15, 0.2) is 0 Å². The van der Waals surface area contributed by atoms with Crippen molar-refractivity contribution in [3.8, 4) is 0 Å². The largest absolute Gasteiger partial charge is 0.394 e. The Bertz CT molecular complexity index is 2190. The highest BCUT2D eigenvalue weighted by Gasteiger charge is 2.59. The summed E-state index contributed by atoms with van der Waals surface area (Å²) in [5.74, 6) is -2.48. The van der Waals surface area contributed by atoms with Crippen LogP contribution >= 0.6 is 0 Å². The lowest BCUT2D eigenvalue weighted by Gasteiger charge is -2.50. The molecule has 7 saturated heterocycles. The van der Waals surface area contributed by atoms with Crippen LogP contribution in [-0.4, -0.2) is 381 Å². The molecule has 0 aromatic heterocycles. The third-order valence-electron chi connectivity index (χ3n) is 15.7. The summed E-state index contributed by atoms with van der Waals surface area (Å²) in [4.78, 5) is 37.3. The van der Waals surface area contributed by atoms with E-state index in [0.29, 0.717) is 0 Å². The fraction of sp³-hybridized carbons (Fsp3) is 0.938. The van der Waals surface area contributed by atoms with Gasteiger partial charge < -0.3 is 180 Å². The number of carbonyl (C=O) groups excluding carboxylic acids is 3. The fourth-order valence-electron chi connectivity index (χ4n) is 11.1. The summed E-state index contributed by atoms with van der Waals surface area (Å²) in [6.07, 6.45) is -62.8. The van der Waals surface area contributed by atoms with Gasteiger partial charge in [-0.1, -0.05) is 0 Å². The first-order valence-corrected chi connectivity index (χ1v) is 27.6. The van der Waals surface area contributed by atoms with Gasteiger partial charge in [0.1, 0.15) is 171 Å². The number of rotatable bonds is 22. The van der Waals surface area contributed by atoms with E-state index in [0.717, 1.165) is 20.8 Å². The summed E-state index contributed by atoms with van der Waals surface area (Å²) in [5, 5.41) is 224. The summed E-state index contributed by atoms with van der Waals surface area (Å²) in [5.41, 5.74) is 0. The average molecular weight is 1280 g/mol. The van der Waals surface area contributed by atoms with E-state index in [2.05, 4.69) is 16.0 Å². The van der Waals surface area contributed by atoms with Gasteiger partial charge in [-0.15, -0.1) is 0 Å². The van der Waals surface area contributed by atoms with Gasteiger partial charge in [-0.3, -0.25) is 14.4 Å². The van der Waals surface area contributed by atoms with E-state index in [4.69, 9.17) is 61.6 Å². The summed E-state index contributed by atoms with van der Waals surface area (Å²) in [7, 11) is 0. The molecule has 0 saturated carbocycles. The van der Waals surface area contributed by atoms with E-state index in [1.165, 1.54) is 0 Å². The van der Waals surface area contributed by atoms with E-state index in [-0.39, 0.29) is 0 Å². The SMILES string of the molecule is CC(=O)N[C@@H]1[C@@H](O)[C@H](O[C@@H]2O[C@H](CO)[C@@H](O[C@@H]3O[C@H](CO[C@H]4O[C@H](CO)[C@@H](O)[C@H](O)[C@@H]4O[C@@H]4O[C@H](CO)[C@@H](O[C@@H]5O[C@H](CO)[C@H](O)[C@H](O)[C@H]5O)[C@H](O)[C@H]4NC(C)=O)[C@@H](O)[C@H](O[C@H]4O[C@H](CO)[C@@H](O)[C@H](O)[C@@H]4O)[C@@H]3O)[C@H](O)[C@H]2NC(C)=O)[C@@H](CO)O[C@H]1O. The predicted molar refractivity (Wildman–Crippen MR) is 267 cm³/mol. The topological polar surface area (TPSA) is 612 Å². The molecule has 504 valence electrons. The molecule has 7 aliphatic heterocycles. The molecule has 0 aromatic rings. The second-order valence-electron chi connectivity index (χ2n) is 21.8. The van der Waals surface area contributed by atoms with Crippen molar-refractivity contribution in [1.29, 1.82) is 0 Å². The van der Waals surface area contributed by atoms with Gasteiger partial charge in [-0.25, -0.2) is 0 Å². The zero-order chi connectivity index (χ0) is 64.2. The van der Waals surface area contributed by atoms with Crippen LogP contribution < -0.4 is 16.0 Å². The minimum absolute atomic E-state index is 0.738. The smallest absolute Gasteiger partial charge is 0.217 e. The number of hydrogen-bond acceptors (Lipinski definition) is 36.